The molecule has 2 atom stereocenters. The van der Waals surface area contributed by atoms with Crippen molar-refractivity contribution < 1.29 is 14.3 Å². The second kappa shape index (κ2) is 5.31. The van der Waals surface area contributed by atoms with Crippen LogP contribution < -0.4 is 4.74 Å². The van der Waals surface area contributed by atoms with Crippen LogP contribution in [0.3, 0.4) is 0 Å². The Morgan fingerprint density at radius 1 is 1.26 bits per heavy atom. The van der Waals surface area contributed by atoms with E-state index in [1.165, 1.54) is 0 Å². The van der Waals surface area contributed by atoms with Crippen LogP contribution in [0, 0.1) is 0 Å². The third-order valence-electron chi connectivity index (χ3n) is 3.90. The van der Waals surface area contributed by atoms with Gasteiger partial charge in [-0.15, -0.1) is 0 Å². The summed E-state index contributed by atoms with van der Waals surface area (Å²) in [5.74, 6) is 0.949. The molecule has 2 bridgehead atoms. The number of carbonyl (C=O) groups is 1. The number of fused-ring (bicyclic) bond motifs is 2. The summed E-state index contributed by atoms with van der Waals surface area (Å²) in [6.45, 7) is 2.26. The number of Topliss-reactive ketones (excluding diaryl/α,β-unsaturated/α-hetero) is 1. The van der Waals surface area contributed by atoms with Crippen LogP contribution in [-0.4, -0.2) is 49.6 Å². The van der Waals surface area contributed by atoms with Crippen LogP contribution >= 0.6 is 0 Å². The lowest BCUT2D eigenvalue weighted by molar-refractivity contribution is -0.0355. The van der Waals surface area contributed by atoms with Crippen LogP contribution in [-0.2, 0) is 4.74 Å². The van der Waals surface area contributed by atoms with Crippen LogP contribution in [0.2, 0.25) is 0 Å². The molecule has 102 valence electrons. The van der Waals surface area contributed by atoms with Gasteiger partial charge in [-0.3, -0.25) is 9.69 Å². The molecule has 1 aromatic carbocycles. The van der Waals surface area contributed by atoms with Crippen molar-refractivity contribution in [2.45, 2.75) is 25.0 Å². The first-order valence-electron chi connectivity index (χ1n) is 6.79. The predicted molar refractivity (Wildman–Crippen MR) is 71.7 cm³/mol. The molecule has 0 saturated carbocycles. The van der Waals surface area contributed by atoms with Gasteiger partial charge in [0, 0.05) is 18.7 Å². The zero-order valence-corrected chi connectivity index (χ0v) is 11.2. The first-order valence-corrected chi connectivity index (χ1v) is 6.79. The lowest BCUT2D eigenvalue weighted by Crippen LogP contribution is -2.44. The van der Waals surface area contributed by atoms with Crippen LogP contribution in [0.1, 0.15) is 23.2 Å². The number of rotatable bonds is 4. The number of morpholine rings is 1. The molecule has 0 amide bonds. The summed E-state index contributed by atoms with van der Waals surface area (Å²) < 4.78 is 10.9. The van der Waals surface area contributed by atoms with Gasteiger partial charge < -0.3 is 9.47 Å². The minimum absolute atomic E-state index is 0.170. The molecule has 19 heavy (non-hydrogen) atoms. The molecule has 0 aromatic heterocycles. The second-order valence-corrected chi connectivity index (χ2v) is 5.30. The van der Waals surface area contributed by atoms with Gasteiger partial charge in [0.1, 0.15) is 5.75 Å². The average molecular weight is 261 g/mol. The molecule has 4 nitrogen and oxygen atoms in total. The van der Waals surface area contributed by atoms with E-state index in [0.29, 0.717) is 18.8 Å². The fraction of sp³-hybridized carbons (Fsp3) is 0.533. The first kappa shape index (κ1) is 12.6. The van der Waals surface area contributed by atoms with Gasteiger partial charge in [0.2, 0.25) is 0 Å². The average Bonchev–Trinajstić information content (AvgIpc) is 2.78. The summed E-state index contributed by atoms with van der Waals surface area (Å²) in [5, 5.41) is 0. The Bertz CT molecular complexity index is 445. The Hall–Kier alpha value is -1.39. The Morgan fingerprint density at radius 3 is 2.47 bits per heavy atom. The summed E-state index contributed by atoms with van der Waals surface area (Å²) in [7, 11) is 1.63. The summed E-state index contributed by atoms with van der Waals surface area (Å²) >= 11 is 0. The van der Waals surface area contributed by atoms with E-state index in [2.05, 4.69) is 4.90 Å². The van der Waals surface area contributed by atoms with E-state index in [9.17, 15) is 4.79 Å². The first-order chi connectivity index (χ1) is 9.24. The van der Waals surface area contributed by atoms with Crippen molar-refractivity contribution in [2.24, 2.45) is 0 Å². The van der Waals surface area contributed by atoms with Gasteiger partial charge in [0.15, 0.2) is 5.78 Å². The molecule has 1 aromatic rings. The van der Waals surface area contributed by atoms with Gasteiger partial charge >= 0.3 is 0 Å². The van der Waals surface area contributed by atoms with Crippen molar-refractivity contribution >= 4 is 5.78 Å². The maximum atomic E-state index is 12.2. The second-order valence-electron chi connectivity index (χ2n) is 5.30. The Kier molecular flexibility index (Phi) is 3.53. The van der Waals surface area contributed by atoms with Crippen LogP contribution in [0.25, 0.3) is 0 Å². The molecular weight excluding hydrogens is 242 g/mol. The molecule has 0 aliphatic carbocycles. The van der Waals surface area contributed by atoms with Gasteiger partial charge in [0.25, 0.3) is 0 Å². The fourth-order valence-corrected chi connectivity index (χ4v) is 2.90. The lowest BCUT2D eigenvalue weighted by atomic mass is 10.1. The monoisotopic (exact) mass is 261 g/mol. The number of carbonyl (C=O) groups excluding carboxylic acids is 1. The smallest absolute Gasteiger partial charge is 0.176 e. The Balaban J connectivity index is 1.61. The van der Waals surface area contributed by atoms with Crippen molar-refractivity contribution in [1.29, 1.82) is 0 Å². The lowest BCUT2D eigenvalue weighted by Gasteiger charge is -2.31. The molecule has 0 radical (unpaired) electrons. The van der Waals surface area contributed by atoms with E-state index in [0.717, 1.165) is 37.2 Å². The van der Waals surface area contributed by atoms with E-state index in [1.807, 2.05) is 24.3 Å². The Morgan fingerprint density at radius 2 is 1.89 bits per heavy atom. The molecular formula is C15H19NO3. The van der Waals surface area contributed by atoms with E-state index in [4.69, 9.17) is 9.47 Å². The molecule has 0 N–H and O–H groups in total. The number of nitrogens with zero attached hydrogens (tertiary/aromatic N) is 1. The summed E-state index contributed by atoms with van der Waals surface area (Å²) in [4.78, 5) is 14.4. The number of ether oxygens (including phenoxy) is 2. The number of ketones is 1. The highest BCUT2D eigenvalue weighted by molar-refractivity contribution is 5.97. The van der Waals surface area contributed by atoms with Crippen molar-refractivity contribution in [2.75, 3.05) is 26.7 Å². The van der Waals surface area contributed by atoms with Gasteiger partial charge in [-0.05, 0) is 37.1 Å². The minimum atomic E-state index is 0.170. The van der Waals surface area contributed by atoms with Crippen LogP contribution in [0.5, 0.6) is 5.75 Å². The van der Waals surface area contributed by atoms with E-state index in [-0.39, 0.29) is 5.78 Å². The number of likely N-dealkylation sites (tertiary alicyclic amines) is 1. The quantitative estimate of drug-likeness (QED) is 0.774. The molecule has 2 aliphatic heterocycles. The number of benzene rings is 1. The van der Waals surface area contributed by atoms with Crippen LogP contribution in [0.15, 0.2) is 24.3 Å². The molecule has 2 heterocycles. The third kappa shape index (κ3) is 2.80. The molecule has 2 unspecified atom stereocenters. The van der Waals surface area contributed by atoms with Crippen molar-refractivity contribution in [1.82, 2.24) is 4.90 Å². The number of hydrogen-bond acceptors (Lipinski definition) is 4. The van der Waals surface area contributed by atoms with Crippen molar-refractivity contribution in [3.8, 4) is 5.75 Å². The summed E-state index contributed by atoms with van der Waals surface area (Å²) in [6, 6.07) is 7.32. The highest BCUT2D eigenvalue weighted by Crippen LogP contribution is 2.26. The summed E-state index contributed by atoms with van der Waals surface area (Å²) in [5.41, 5.74) is 0.750. The zero-order chi connectivity index (χ0) is 13.2. The SMILES string of the molecule is COc1ccc(C(=O)CN2CC3CCC(C2)O3)cc1. The summed E-state index contributed by atoms with van der Waals surface area (Å²) in [6.07, 6.45) is 2.94. The van der Waals surface area contributed by atoms with E-state index < -0.39 is 0 Å². The third-order valence-corrected chi connectivity index (χ3v) is 3.90. The minimum Gasteiger partial charge on any atom is -0.497 e. The van der Waals surface area contributed by atoms with Gasteiger partial charge in [-0.25, -0.2) is 0 Å². The molecule has 2 aliphatic rings. The topological polar surface area (TPSA) is 38.8 Å². The maximum Gasteiger partial charge on any atom is 0.176 e. The highest BCUT2D eigenvalue weighted by Gasteiger charge is 2.34. The van der Waals surface area contributed by atoms with Gasteiger partial charge in [-0.1, -0.05) is 0 Å². The Labute approximate surface area is 113 Å². The molecule has 2 saturated heterocycles. The standard InChI is InChI=1S/C15H19NO3/c1-18-12-4-2-11(3-5-12)15(17)10-16-8-13-6-7-14(9-16)19-13/h2-5,13-14H,6-10H2,1H3. The highest BCUT2D eigenvalue weighted by atomic mass is 16.5. The van der Waals surface area contributed by atoms with Crippen molar-refractivity contribution in [3.63, 3.8) is 0 Å². The van der Waals surface area contributed by atoms with E-state index in [1.54, 1.807) is 7.11 Å². The normalized spacial score (nSPS) is 26.4. The largest absolute Gasteiger partial charge is 0.497 e. The predicted octanol–water partition coefficient (Wildman–Crippen LogP) is 1.74. The van der Waals surface area contributed by atoms with Crippen molar-refractivity contribution in [3.05, 3.63) is 29.8 Å². The number of methoxy groups -OCH3 is 1. The number of hydrogen-bond donors (Lipinski definition) is 0. The molecule has 4 heteroatoms. The van der Waals surface area contributed by atoms with Gasteiger partial charge in [0.05, 0.1) is 25.9 Å². The van der Waals surface area contributed by atoms with Crippen LogP contribution in [0.4, 0.5) is 0 Å². The van der Waals surface area contributed by atoms with Gasteiger partial charge in [-0.2, -0.15) is 0 Å². The molecule has 0 spiro atoms. The maximum absolute atomic E-state index is 12.2. The fourth-order valence-electron chi connectivity index (χ4n) is 2.90. The molecule has 2 fully saturated rings. The zero-order valence-electron chi connectivity index (χ0n) is 11.2. The van der Waals surface area contributed by atoms with E-state index >= 15 is 0 Å². The molecule has 3 rings (SSSR count).